The Morgan fingerprint density at radius 2 is 1.68 bits per heavy atom. The van der Waals surface area contributed by atoms with Crippen LogP contribution in [0.2, 0.25) is 5.02 Å². The number of fused-ring (bicyclic) bond motifs is 4. The standard InChI is InChI=1S/C18H15Cl.C4H6N2/c19-18-11-17-13-6-2-1-5-12(13)9-10-15(17)14-7-3-4-8-16(14)18;1-2-4-6-5-3-1/h1-2,5-6,8-9,11H,3-4,7,10H2;1-6H. The monoisotopic (exact) mass is 348 g/mol. The molecule has 2 aliphatic carbocycles. The lowest BCUT2D eigenvalue weighted by molar-refractivity contribution is 0.767. The molecule has 0 unspecified atom stereocenters. The van der Waals surface area contributed by atoms with Crippen molar-refractivity contribution < 1.29 is 0 Å². The molecule has 0 amide bonds. The smallest absolute Gasteiger partial charge is 0.0484 e. The molecule has 0 radical (unpaired) electrons. The van der Waals surface area contributed by atoms with Crippen LogP contribution in [0.4, 0.5) is 0 Å². The molecule has 3 aliphatic rings. The highest BCUT2D eigenvalue weighted by Crippen LogP contribution is 2.21. The maximum Gasteiger partial charge on any atom is 0.0484 e. The van der Waals surface area contributed by atoms with Gasteiger partial charge in [0.15, 0.2) is 0 Å². The van der Waals surface area contributed by atoms with Crippen LogP contribution in [-0.2, 0) is 12.8 Å². The average Bonchev–Trinajstić information content (AvgIpc) is 2.70. The Morgan fingerprint density at radius 3 is 2.44 bits per heavy atom. The third kappa shape index (κ3) is 3.22. The fraction of sp³-hybridized carbons (Fsp3) is 0.182. The molecule has 0 saturated carbocycles. The zero-order valence-corrected chi connectivity index (χ0v) is 14.8. The van der Waals surface area contributed by atoms with Gasteiger partial charge in [-0.1, -0.05) is 48.0 Å². The summed E-state index contributed by atoms with van der Waals surface area (Å²) >= 11 is 6.50. The largest absolute Gasteiger partial charge is 0.309 e. The Balaban J connectivity index is 0.000000223. The molecule has 0 saturated heterocycles. The second-order valence-corrected chi connectivity index (χ2v) is 6.78. The summed E-state index contributed by atoms with van der Waals surface area (Å²) in [4.78, 5) is 0. The van der Waals surface area contributed by atoms with E-state index in [2.05, 4.69) is 53.3 Å². The van der Waals surface area contributed by atoms with E-state index in [-0.39, 0.29) is 0 Å². The summed E-state index contributed by atoms with van der Waals surface area (Å²) < 4.78 is 0. The first-order valence-corrected chi connectivity index (χ1v) is 9.15. The Morgan fingerprint density at radius 1 is 0.880 bits per heavy atom. The van der Waals surface area contributed by atoms with E-state index >= 15 is 0 Å². The van der Waals surface area contributed by atoms with Gasteiger partial charge < -0.3 is 10.9 Å². The molecule has 3 heteroatoms. The van der Waals surface area contributed by atoms with Crippen LogP contribution in [0, 0.1) is 10.4 Å². The highest BCUT2D eigenvalue weighted by atomic mass is 35.5. The third-order valence-corrected chi connectivity index (χ3v) is 5.17. The summed E-state index contributed by atoms with van der Waals surface area (Å²) in [5, 5.41) is 6.23. The van der Waals surface area contributed by atoms with Crippen molar-refractivity contribution in [2.75, 3.05) is 0 Å². The number of hydrogen-bond donors (Lipinski definition) is 2. The van der Waals surface area contributed by atoms with Gasteiger partial charge in [-0.15, -0.1) is 0 Å². The minimum atomic E-state index is 0.921. The molecule has 2 nitrogen and oxygen atoms in total. The van der Waals surface area contributed by atoms with E-state index in [1.165, 1.54) is 44.8 Å². The number of benzene rings is 2. The minimum Gasteiger partial charge on any atom is -0.309 e. The Bertz CT molecular complexity index is 1050. The first-order chi connectivity index (χ1) is 12.3. The van der Waals surface area contributed by atoms with Crippen LogP contribution in [-0.4, -0.2) is 0 Å². The van der Waals surface area contributed by atoms with Crippen LogP contribution < -0.4 is 21.3 Å². The van der Waals surface area contributed by atoms with Gasteiger partial charge in [-0.2, -0.15) is 0 Å². The van der Waals surface area contributed by atoms with Gasteiger partial charge in [0, 0.05) is 17.4 Å². The molecule has 0 aromatic heterocycles. The molecule has 2 aromatic rings. The molecule has 25 heavy (non-hydrogen) atoms. The second kappa shape index (κ2) is 7.20. The molecule has 2 aromatic carbocycles. The number of hydrogen-bond acceptors (Lipinski definition) is 2. The zero-order valence-electron chi connectivity index (χ0n) is 14.1. The predicted octanol–water partition coefficient (Wildman–Crippen LogP) is 3.20. The van der Waals surface area contributed by atoms with Crippen molar-refractivity contribution >= 4 is 23.8 Å². The average molecular weight is 349 g/mol. The van der Waals surface area contributed by atoms with Crippen LogP contribution in [0.3, 0.4) is 0 Å². The van der Waals surface area contributed by atoms with Gasteiger partial charge in [-0.3, -0.25) is 0 Å². The quantitative estimate of drug-likeness (QED) is 0.764. The lowest BCUT2D eigenvalue weighted by Gasteiger charge is -2.17. The summed E-state index contributed by atoms with van der Waals surface area (Å²) in [5.74, 6) is 0. The van der Waals surface area contributed by atoms with E-state index < -0.39 is 0 Å². The molecule has 5 rings (SSSR count). The summed E-state index contributed by atoms with van der Waals surface area (Å²) in [6, 6.07) is 10.8. The van der Waals surface area contributed by atoms with Gasteiger partial charge >= 0.3 is 0 Å². The van der Waals surface area contributed by atoms with Crippen LogP contribution >= 0.6 is 11.6 Å². The third-order valence-electron chi connectivity index (χ3n) is 4.85. The molecule has 1 heterocycles. The summed E-state index contributed by atoms with van der Waals surface area (Å²) in [6.07, 6.45) is 16.7. The van der Waals surface area contributed by atoms with E-state index in [1.54, 1.807) is 0 Å². The highest BCUT2D eigenvalue weighted by Gasteiger charge is 2.13. The fourth-order valence-corrected chi connectivity index (χ4v) is 4.00. The molecule has 1 aliphatic heterocycles. The number of hydrazine groups is 1. The zero-order chi connectivity index (χ0) is 17.1. The Hall–Kier alpha value is -2.45. The summed E-state index contributed by atoms with van der Waals surface area (Å²) in [7, 11) is 0. The van der Waals surface area contributed by atoms with E-state index in [4.69, 9.17) is 11.6 Å². The van der Waals surface area contributed by atoms with Gasteiger partial charge in [0.25, 0.3) is 0 Å². The first-order valence-electron chi connectivity index (χ1n) is 8.77. The molecule has 2 N–H and O–H groups in total. The topological polar surface area (TPSA) is 24.1 Å². The van der Waals surface area contributed by atoms with Gasteiger partial charge in [0.2, 0.25) is 0 Å². The molecular formula is C22H21ClN2. The van der Waals surface area contributed by atoms with Crippen molar-refractivity contribution in [3.63, 3.8) is 0 Å². The molecular weight excluding hydrogens is 328 g/mol. The minimum absolute atomic E-state index is 0.921. The van der Waals surface area contributed by atoms with E-state index in [0.29, 0.717) is 0 Å². The predicted molar refractivity (Wildman–Crippen MR) is 105 cm³/mol. The number of nitrogens with one attached hydrogen (secondary N) is 2. The Labute approximate surface area is 152 Å². The number of halogens is 1. The van der Waals surface area contributed by atoms with Gasteiger partial charge in [-0.05, 0) is 75.9 Å². The maximum atomic E-state index is 6.50. The summed E-state index contributed by atoms with van der Waals surface area (Å²) in [5.41, 5.74) is 8.51. The fourth-order valence-electron chi connectivity index (χ4n) is 3.70. The van der Waals surface area contributed by atoms with Crippen LogP contribution in [0.1, 0.15) is 24.0 Å². The van der Waals surface area contributed by atoms with E-state index in [9.17, 15) is 0 Å². The van der Waals surface area contributed by atoms with Crippen molar-refractivity contribution in [2.45, 2.75) is 25.7 Å². The SMILES string of the molecule is C1=CNNC=C1.Clc1cc2c(c3c1=CCCC3)CC=c1ccccc1=2. The number of rotatable bonds is 0. The van der Waals surface area contributed by atoms with Crippen molar-refractivity contribution in [3.05, 3.63) is 91.9 Å². The molecule has 0 atom stereocenters. The number of allylic oxidation sites excluding steroid dienone is 2. The van der Waals surface area contributed by atoms with Crippen molar-refractivity contribution in [2.24, 2.45) is 0 Å². The van der Waals surface area contributed by atoms with Gasteiger partial charge in [-0.25, -0.2) is 0 Å². The van der Waals surface area contributed by atoms with Crippen molar-refractivity contribution in [1.82, 2.24) is 10.9 Å². The Kier molecular flexibility index (Phi) is 4.62. The second-order valence-electron chi connectivity index (χ2n) is 6.38. The highest BCUT2D eigenvalue weighted by molar-refractivity contribution is 6.30. The van der Waals surface area contributed by atoms with Crippen LogP contribution in [0.25, 0.3) is 12.2 Å². The van der Waals surface area contributed by atoms with Crippen LogP contribution in [0.15, 0.2) is 54.9 Å². The van der Waals surface area contributed by atoms with Crippen molar-refractivity contribution in [3.8, 4) is 0 Å². The lowest BCUT2D eigenvalue weighted by atomic mass is 9.89. The van der Waals surface area contributed by atoms with Gasteiger partial charge in [0.1, 0.15) is 0 Å². The molecule has 126 valence electrons. The van der Waals surface area contributed by atoms with E-state index in [0.717, 1.165) is 17.9 Å². The first kappa shape index (κ1) is 16.0. The summed E-state index contributed by atoms with van der Waals surface area (Å²) in [6.45, 7) is 0. The molecule has 0 spiro atoms. The maximum absolute atomic E-state index is 6.50. The van der Waals surface area contributed by atoms with Crippen molar-refractivity contribution in [1.29, 1.82) is 0 Å². The molecule has 0 bridgehead atoms. The lowest BCUT2D eigenvalue weighted by Crippen LogP contribution is -2.21. The van der Waals surface area contributed by atoms with Gasteiger partial charge in [0.05, 0.1) is 0 Å². The van der Waals surface area contributed by atoms with Crippen LogP contribution in [0.5, 0.6) is 0 Å². The molecule has 0 fully saturated rings. The normalized spacial score (nSPS) is 15.7. The van der Waals surface area contributed by atoms with E-state index in [1.807, 2.05) is 24.6 Å².